The van der Waals surface area contributed by atoms with Crippen LogP contribution < -0.4 is 31.8 Å². The average Bonchev–Trinajstić information content (AvgIpc) is 3.82. The van der Waals surface area contributed by atoms with E-state index in [0.717, 1.165) is 23.3 Å². The second kappa shape index (κ2) is 19.4. The molecule has 0 bridgehead atoms. The standard InChI is InChI=1S/C26H21NO5.C25H16F3N3O4/c1-2-12-30-26(29)19-5-3-4-17(13-19)15-31-21-10-11-22-24(14-21)32-16-23(25(22)28)18-6-8-20(27)9-7-18;26-25(27,28)16-3-1-2-15(10-16)24-30-22(31-35-24)13-33-18-8-9-19-21(11-18)34-12-20(23(19)32)14-4-6-17(29)7-5-14/h2-11,13-14,16H,1,12,15,27H2;1-12H,13,29H2. The number of hydrogen-bond acceptors (Lipinski definition) is 13. The maximum absolute atomic E-state index is 12.9. The van der Waals surface area contributed by atoms with E-state index in [1.807, 2.05) is 6.07 Å². The molecule has 9 aromatic rings. The number of carbonyl (C=O) groups excluding carboxylic acids is 1. The van der Waals surface area contributed by atoms with E-state index in [-0.39, 0.29) is 48.0 Å². The Labute approximate surface area is 378 Å². The first kappa shape index (κ1) is 44.7. The first-order chi connectivity index (χ1) is 32.3. The van der Waals surface area contributed by atoms with Gasteiger partial charge in [0.15, 0.2) is 17.5 Å². The van der Waals surface area contributed by atoms with Crippen molar-refractivity contribution in [2.45, 2.75) is 19.4 Å². The van der Waals surface area contributed by atoms with Gasteiger partial charge >= 0.3 is 12.1 Å². The summed E-state index contributed by atoms with van der Waals surface area (Å²) in [7, 11) is 0. The van der Waals surface area contributed by atoms with Gasteiger partial charge in [-0.3, -0.25) is 9.59 Å². The predicted octanol–water partition coefficient (Wildman–Crippen LogP) is 10.7. The van der Waals surface area contributed by atoms with Gasteiger partial charge in [-0.1, -0.05) is 60.3 Å². The van der Waals surface area contributed by atoms with Gasteiger partial charge in [0.05, 0.1) is 33.0 Å². The van der Waals surface area contributed by atoms with Gasteiger partial charge in [-0.15, -0.1) is 0 Å². The minimum atomic E-state index is -4.48. The molecule has 336 valence electrons. The lowest BCUT2D eigenvalue weighted by atomic mass is 10.1. The fourth-order valence-corrected chi connectivity index (χ4v) is 6.70. The van der Waals surface area contributed by atoms with Crippen LogP contribution in [0.5, 0.6) is 11.5 Å². The van der Waals surface area contributed by atoms with E-state index in [2.05, 4.69) is 16.7 Å². The highest BCUT2D eigenvalue weighted by Crippen LogP contribution is 2.32. The molecule has 6 aromatic carbocycles. The van der Waals surface area contributed by atoms with Gasteiger partial charge in [-0.25, -0.2) is 4.79 Å². The Morgan fingerprint density at radius 1 is 0.672 bits per heavy atom. The van der Waals surface area contributed by atoms with Crippen LogP contribution in [0.2, 0.25) is 0 Å². The highest BCUT2D eigenvalue weighted by Gasteiger charge is 2.31. The summed E-state index contributed by atoms with van der Waals surface area (Å²) in [5.41, 5.74) is 15.9. The molecule has 13 nitrogen and oxygen atoms in total. The minimum absolute atomic E-state index is 0.0607. The molecule has 0 fully saturated rings. The van der Waals surface area contributed by atoms with Crippen molar-refractivity contribution in [3.05, 3.63) is 202 Å². The smallest absolute Gasteiger partial charge is 0.416 e. The number of nitrogens with two attached hydrogens (primary N) is 2. The molecule has 0 spiro atoms. The van der Waals surface area contributed by atoms with E-state index in [4.69, 9.17) is 39.0 Å². The number of alkyl halides is 3. The zero-order chi connectivity index (χ0) is 47.1. The van der Waals surface area contributed by atoms with Crippen LogP contribution in [-0.2, 0) is 24.1 Å². The minimum Gasteiger partial charge on any atom is -0.489 e. The number of fused-ring (bicyclic) bond motifs is 2. The molecule has 4 N–H and O–H groups in total. The number of aromatic nitrogens is 2. The number of hydrogen-bond donors (Lipinski definition) is 2. The third-order valence-corrected chi connectivity index (χ3v) is 10.1. The van der Waals surface area contributed by atoms with E-state index in [1.54, 1.807) is 103 Å². The van der Waals surface area contributed by atoms with Crippen LogP contribution in [0.25, 0.3) is 55.6 Å². The molecule has 0 aliphatic rings. The van der Waals surface area contributed by atoms with Gasteiger partial charge in [-0.05, 0) is 95.6 Å². The van der Waals surface area contributed by atoms with Crippen molar-refractivity contribution in [2.75, 3.05) is 18.1 Å². The number of rotatable bonds is 12. The van der Waals surface area contributed by atoms with Crippen molar-refractivity contribution < 1.29 is 45.5 Å². The molecule has 0 unspecified atom stereocenters. The van der Waals surface area contributed by atoms with Crippen LogP contribution in [0.1, 0.15) is 27.3 Å². The molecule has 9 rings (SSSR count). The predicted molar refractivity (Wildman–Crippen MR) is 245 cm³/mol. The number of carbonyl (C=O) groups is 1. The zero-order valence-electron chi connectivity index (χ0n) is 35.1. The van der Waals surface area contributed by atoms with E-state index in [1.165, 1.54) is 30.7 Å². The van der Waals surface area contributed by atoms with Gasteiger partial charge in [0.2, 0.25) is 5.82 Å². The first-order valence-corrected chi connectivity index (χ1v) is 20.3. The summed E-state index contributed by atoms with van der Waals surface area (Å²) in [4.78, 5) is 41.9. The molecular formula is C51H37F3N4O9. The summed E-state index contributed by atoms with van der Waals surface area (Å²) in [6.45, 7) is 3.81. The third-order valence-electron chi connectivity index (χ3n) is 10.1. The van der Waals surface area contributed by atoms with E-state index in [9.17, 15) is 27.6 Å². The van der Waals surface area contributed by atoms with Gasteiger partial charge < -0.3 is 39.0 Å². The molecule has 67 heavy (non-hydrogen) atoms. The van der Waals surface area contributed by atoms with Crippen LogP contribution >= 0.6 is 0 Å². The van der Waals surface area contributed by atoms with Crippen LogP contribution in [-0.4, -0.2) is 22.7 Å². The number of halogens is 3. The monoisotopic (exact) mass is 906 g/mol. The quantitative estimate of drug-likeness (QED) is 0.0668. The number of anilines is 2. The molecule has 0 saturated heterocycles. The highest BCUT2D eigenvalue weighted by molar-refractivity contribution is 5.89. The zero-order valence-corrected chi connectivity index (χ0v) is 35.1. The summed E-state index contributed by atoms with van der Waals surface area (Å²) >= 11 is 0. The number of nitrogens with zero attached hydrogens (tertiary/aromatic N) is 2. The molecule has 16 heteroatoms. The van der Waals surface area contributed by atoms with Crippen molar-refractivity contribution in [1.29, 1.82) is 0 Å². The molecule has 0 atom stereocenters. The van der Waals surface area contributed by atoms with Crippen molar-refractivity contribution in [2.24, 2.45) is 0 Å². The SMILES string of the molecule is C=CCOC(=O)c1cccc(COc2ccc3c(=O)c(-c4ccc(N)cc4)coc3c2)c1.Nc1ccc(-c2coc3cc(OCc4noc(-c5cccc(C(F)(F)F)c5)n4)ccc3c2=O)cc1. The molecular weight excluding hydrogens is 870 g/mol. The maximum Gasteiger partial charge on any atom is 0.416 e. The second-order valence-electron chi connectivity index (χ2n) is 14.8. The van der Waals surface area contributed by atoms with Crippen molar-refractivity contribution >= 4 is 39.3 Å². The molecule has 0 radical (unpaired) electrons. The average molecular weight is 907 g/mol. The van der Waals surface area contributed by atoms with Gasteiger partial charge in [0.25, 0.3) is 5.89 Å². The number of nitrogen functional groups attached to an aromatic ring is 2. The molecule has 0 amide bonds. The van der Waals surface area contributed by atoms with Crippen molar-refractivity contribution in [3.63, 3.8) is 0 Å². The summed E-state index contributed by atoms with van der Waals surface area (Å²) in [6.07, 6.45) is -0.149. The molecule has 3 heterocycles. The Morgan fingerprint density at radius 2 is 1.24 bits per heavy atom. The number of esters is 1. The molecule has 0 aliphatic heterocycles. The summed E-state index contributed by atoms with van der Waals surface area (Å²) < 4.78 is 71.8. The summed E-state index contributed by atoms with van der Waals surface area (Å²) in [5.74, 6) is 0.579. The second-order valence-corrected chi connectivity index (χ2v) is 14.8. The molecule has 0 saturated carbocycles. The lowest BCUT2D eigenvalue weighted by Crippen LogP contribution is -2.06. The summed E-state index contributed by atoms with van der Waals surface area (Å²) in [6, 6.07) is 35.3. The van der Waals surface area contributed by atoms with Crippen LogP contribution in [0.4, 0.5) is 24.5 Å². The lowest BCUT2D eigenvalue weighted by molar-refractivity contribution is -0.137. The van der Waals surface area contributed by atoms with Crippen molar-refractivity contribution in [3.8, 4) is 45.2 Å². The third kappa shape index (κ3) is 10.6. The van der Waals surface area contributed by atoms with Crippen LogP contribution in [0.15, 0.2) is 182 Å². The van der Waals surface area contributed by atoms with Crippen molar-refractivity contribution in [1.82, 2.24) is 10.1 Å². The largest absolute Gasteiger partial charge is 0.489 e. The van der Waals surface area contributed by atoms with Crippen LogP contribution in [0, 0.1) is 0 Å². The summed E-state index contributed by atoms with van der Waals surface area (Å²) in [5, 5.41) is 4.58. The Hall–Kier alpha value is -8.92. The Bertz CT molecular complexity index is 3360. The highest BCUT2D eigenvalue weighted by atomic mass is 19.4. The van der Waals surface area contributed by atoms with Gasteiger partial charge in [0, 0.05) is 29.1 Å². The normalized spacial score (nSPS) is 11.1. The van der Waals surface area contributed by atoms with E-state index >= 15 is 0 Å². The fraction of sp³-hybridized carbons (Fsp3) is 0.0784. The maximum atomic E-state index is 12.9. The topological polar surface area (TPSA) is 196 Å². The van der Waals surface area contributed by atoms with E-state index < -0.39 is 17.7 Å². The van der Waals surface area contributed by atoms with Gasteiger partial charge in [-0.2, -0.15) is 18.2 Å². The van der Waals surface area contributed by atoms with Crippen LogP contribution in [0.3, 0.4) is 0 Å². The van der Waals surface area contributed by atoms with Gasteiger partial charge in [0.1, 0.15) is 48.4 Å². The Balaban J connectivity index is 0.000000182. The number of ether oxygens (including phenoxy) is 3. The lowest BCUT2D eigenvalue weighted by Gasteiger charge is -2.09. The molecule has 0 aliphatic carbocycles. The Morgan fingerprint density at radius 3 is 1.81 bits per heavy atom. The molecule has 3 aromatic heterocycles. The fourth-order valence-electron chi connectivity index (χ4n) is 6.70. The number of benzene rings is 6. The first-order valence-electron chi connectivity index (χ1n) is 20.3. The van der Waals surface area contributed by atoms with E-state index in [0.29, 0.717) is 67.1 Å². The Kier molecular flexibility index (Phi) is 13.0.